The lowest BCUT2D eigenvalue weighted by Gasteiger charge is -2.19. The SMILES string of the molecule is CC(C)(C)c1cccc(Cc2cccc(C(F)(F)F)n2)c1. The third-order valence-electron chi connectivity index (χ3n) is 3.28. The molecule has 0 unspecified atom stereocenters. The molecule has 21 heavy (non-hydrogen) atoms. The Labute approximate surface area is 122 Å². The fraction of sp³-hybridized carbons (Fsp3) is 0.353. The summed E-state index contributed by atoms with van der Waals surface area (Å²) in [5, 5.41) is 0. The molecule has 0 spiro atoms. The van der Waals surface area contributed by atoms with Crippen molar-refractivity contribution in [3.63, 3.8) is 0 Å². The van der Waals surface area contributed by atoms with Gasteiger partial charge < -0.3 is 0 Å². The van der Waals surface area contributed by atoms with Gasteiger partial charge in [0, 0.05) is 12.1 Å². The van der Waals surface area contributed by atoms with Crippen LogP contribution >= 0.6 is 0 Å². The minimum absolute atomic E-state index is 0.0112. The fourth-order valence-electron chi connectivity index (χ4n) is 2.09. The van der Waals surface area contributed by atoms with E-state index in [1.54, 1.807) is 6.07 Å². The van der Waals surface area contributed by atoms with Crippen LogP contribution in [0.25, 0.3) is 0 Å². The average Bonchev–Trinajstić information content (AvgIpc) is 2.37. The second kappa shape index (κ2) is 5.51. The van der Waals surface area contributed by atoms with E-state index in [0.717, 1.165) is 17.2 Å². The molecule has 0 radical (unpaired) electrons. The molecule has 0 aliphatic carbocycles. The Kier molecular flexibility index (Phi) is 4.08. The van der Waals surface area contributed by atoms with Crippen molar-refractivity contribution in [1.82, 2.24) is 4.98 Å². The minimum Gasteiger partial charge on any atom is -0.248 e. The molecule has 2 aromatic rings. The van der Waals surface area contributed by atoms with Crippen LogP contribution in [0.1, 0.15) is 43.3 Å². The number of alkyl halides is 3. The number of hydrogen-bond donors (Lipinski definition) is 0. The third kappa shape index (κ3) is 4.06. The summed E-state index contributed by atoms with van der Waals surface area (Å²) in [6.45, 7) is 6.32. The maximum atomic E-state index is 12.7. The van der Waals surface area contributed by atoms with Crippen LogP contribution < -0.4 is 0 Å². The molecule has 0 fully saturated rings. The normalized spacial score (nSPS) is 12.5. The van der Waals surface area contributed by atoms with E-state index in [2.05, 4.69) is 25.8 Å². The summed E-state index contributed by atoms with van der Waals surface area (Å²) in [6, 6.07) is 11.9. The number of benzene rings is 1. The Morgan fingerprint density at radius 2 is 1.62 bits per heavy atom. The van der Waals surface area contributed by atoms with Gasteiger partial charge in [-0.25, -0.2) is 4.98 Å². The number of rotatable bonds is 2. The Morgan fingerprint density at radius 3 is 2.24 bits per heavy atom. The van der Waals surface area contributed by atoms with Gasteiger partial charge in [0.15, 0.2) is 0 Å². The predicted molar refractivity (Wildman–Crippen MR) is 77.2 cm³/mol. The molecule has 0 saturated carbocycles. The van der Waals surface area contributed by atoms with E-state index in [0.29, 0.717) is 12.1 Å². The summed E-state index contributed by atoms with van der Waals surface area (Å²) in [7, 11) is 0. The van der Waals surface area contributed by atoms with E-state index in [-0.39, 0.29) is 5.41 Å². The molecule has 1 nitrogen and oxygen atoms in total. The lowest BCUT2D eigenvalue weighted by Crippen LogP contribution is -2.12. The Morgan fingerprint density at radius 1 is 0.952 bits per heavy atom. The number of hydrogen-bond acceptors (Lipinski definition) is 1. The van der Waals surface area contributed by atoms with Gasteiger partial charge >= 0.3 is 6.18 Å². The van der Waals surface area contributed by atoms with Gasteiger partial charge in [0.1, 0.15) is 5.69 Å². The highest BCUT2D eigenvalue weighted by molar-refractivity contribution is 5.31. The van der Waals surface area contributed by atoms with E-state index >= 15 is 0 Å². The van der Waals surface area contributed by atoms with Gasteiger partial charge in [-0.15, -0.1) is 0 Å². The number of pyridine rings is 1. The predicted octanol–water partition coefficient (Wildman–Crippen LogP) is 4.99. The molecule has 0 bridgehead atoms. The van der Waals surface area contributed by atoms with Crippen molar-refractivity contribution in [2.24, 2.45) is 0 Å². The van der Waals surface area contributed by atoms with Crippen molar-refractivity contribution >= 4 is 0 Å². The van der Waals surface area contributed by atoms with Crippen molar-refractivity contribution in [1.29, 1.82) is 0 Å². The first kappa shape index (κ1) is 15.5. The molecule has 2 rings (SSSR count). The monoisotopic (exact) mass is 293 g/mol. The second-order valence-electron chi connectivity index (χ2n) is 6.14. The zero-order chi connectivity index (χ0) is 15.7. The number of aromatic nitrogens is 1. The van der Waals surface area contributed by atoms with Crippen LogP contribution in [0.5, 0.6) is 0 Å². The van der Waals surface area contributed by atoms with Crippen molar-refractivity contribution < 1.29 is 13.2 Å². The summed E-state index contributed by atoms with van der Waals surface area (Å²) in [6.07, 6.45) is -4.00. The molecule has 112 valence electrons. The molecule has 1 heterocycles. The highest BCUT2D eigenvalue weighted by atomic mass is 19.4. The minimum atomic E-state index is -4.40. The molecule has 4 heteroatoms. The average molecular weight is 293 g/mol. The highest BCUT2D eigenvalue weighted by Gasteiger charge is 2.32. The summed E-state index contributed by atoms with van der Waals surface area (Å²) in [4.78, 5) is 3.71. The third-order valence-corrected chi connectivity index (χ3v) is 3.28. The van der Waals surface area contributed by atoms with Crippen molar-refractivity contribution in [2.45, 2.75) is 38.8 Å². The lowest BCUT2D eigenvalue weighted by atomic mass is 9.86. The largest absolute Gasteiger partial charge is 0.433 e. The highest BCUT2D eigenvalue weighted by Crippen LogP contribution is 2.28. The van der Waals surface area contributed by atoms with Gasteiger partial charge in [0.05, 0.1) is 0 Å². The molecule has 1 aromatic heterocycles. The molecule has 0 saturated heterocycles. The van der Waals surface area contributed by atoms with Crippen LogP contribution in [0.3, 0.4) is 0 Å². The zero-order valence-corrected chi connectivity index (χ0v) is 12.3. The topological polar surface area (TPSA) is 12.9 Å². The number of halogens is 3. The van der Waals surface area contributed by atoms with E-state index in [1.165, 1.54) is 6.07 Å². The van der Waals surface area contributed by atoms with Crippen LogP contribution in [0.2, 0.25) is 0 Å². The Bertz CT molecular complexity index is 569. The van der Waals surface area contributed by atoms with Crippen LogP contribution in [0.15, 0.2) is 42.5 Å². The molecule has 0 aliphatic rings. The second-order valence-corrected chi connectivity index (χ2v) is 6.14. The lowest BCUT2D eigenvalue weighted by molar-refractivity contribution is -0.141. The first-order valence-electron chi connectivity index (χ1n) is 6.79. The van der Waals surface area contributed by atoms with E-state index in [4.69, 9.17) is 0 Å². The van der Waals surface area contributed by atoms with Crippen molar-refractivity contribution in [3.8, 4) is 0 Å². The van der Waals surface area contributed by atoms with Crippen LogP contribution in [-0.2, 0) is 18.0 Å². The standard InChI is InChI=1S/C17H18F3N/c1-16(2,3)13-7-4-6-12(10-13)11-14-8-5-9-15(21-14)17(18,19)20/h4-10H,11H2,1-3H3. The van der Waals surface area contributed by atoms with E-state index in [1.807, 2.05) is 24.3 Å². The summed E-state index contributed by atoms with van der Waals surface area (Å²) in [5.41, 5.74) is 1.72. The van der Waals surface area contributed by atoms with Gasteiger partial charge in [0.2, 0.25) is 0 Å². The van der Waals surface area contributed by atoms with Crippen LogP contribution in [0.4, 0.5) is 13.2 Å². The van der Waals surface area contributed by atoms with E-state index < -0.39 is 11.9 Å². The maximum absolute atomic E-state index is 12.7. The summed E-state index contributed by atoms with van der Waals surface area (Å²) in [5.74, 6) is 0. The van der Waals surface area contributed by atoms with Crippen molar-refractivity contribution in [2.75, 3.05) is 0 Å². The fourth-order valence-corrected chi connectivity index (χ4v) is 2.09. The summed E-state index contributed by atoms with van der Waals surface area (Å²) < 4.78 is 38.0. The van der Waals surface area contributed by atoms with Gasteiger partial charge in [-0.3, -0.25) is 0 Å². The Hall–Kier alpha value is -1.84. The van der Waals surface area contributed by atoms with Gasteiger partial charge in [0.25, 0.3) is 0 Å². The van der Waals surface area contributed by atoms with Gasteiger partial charge in [-0.2, -0.15) is 13.2 Å². The molecular formula is C17H18F3N. The quantitative estimate of drug-likeness (QED) is 0.760. The molecule has 0 N–H and O–H groups in total. The first-order chi connectivity index (χ1) is 9.66. The maximum Gasteiger partial charge on any atom is 0.433 e. The van der Waals surface area contributed by atoms with Crippen LogP contribution in [-0.4, -0.2) is 4.98 Å². The molecule has 0 amide bonds. The molecule has 0 aliphatic heterocycles. The van der Waals surface area contributed by atoms with Crippen LogP contribution in [0, 0.1) is 0 Å². The van der Waals surface area contributed by atoms with Gasteiger partial charge in [-0.1, -0.05) is 51.1 Å². The molecular weight excluding hydrogens is 275 g/mol. The smallest absolute Gasteiger partial charge is 0.248 e. The molecule has 1 aromatic carbocycles. The van der Waals surface area contributed by atoms with E-state index in [9.17, 15) is 13.2 Å². The first-order valence-corrected chi connectivity index (χ1v) is 6.79. The summed E-state index contributed by atoms with van der Waals surface area (Å²) >= 11 is 0. The number of nitrogens with zero attached hydrogens (tertiary/aromatic N) is 1. The van der Waals surface area contributed by atoms with Gasteiger partial charge in [-0.05, 0) is 28.7 Å². The van der Waals surface area contributed by atoms with Crippen molar-refractivity contribution in [3.05, 3.63) is 65.0 Å². The zero-order valence-electron chi connectivity index (χ0n) is 12.3. The molecule has 0 atom stereocenters. The Balaban J connectivity index is 2.27.